The number of thioether (sulfide) groups is 1. The van der Waals surface area contributed by atoms with E-state index < -0.39 is 34.3 Å². The largest absolute Gasteiger partial charge is 0.466 e. The van der Waals surface area contributed by atoms with Gasteiger partial charge in [0.15, 0.2) is 0 Å². The number of fused-ring (bicyclic) bond motifs is 1. The monoisotopic (exact) mass is 383 g/mol. The van der Waals surface area contributed by atoms with Crippen molar-refractivity contribution >= 4 is 35.6 Å². The van der Waals surface area contributed by atoms with Crippen molar-refractivity contribution in [3.05, 3.63) is 34.0 Å². The lowest BCUT2D eigenvalue weighted by Gasteiger charge is -2.41. The number of carbonyl (C=O) groups excluding carboxylic acids is 4. The number of ether oxygens (including phenoxy) is 4. The van der Waals surface area contributed by atoms with E-state index in [9.17, 15) is 19.2 Å². The van der Waals surface area contributed by atoms with Gasteiger partial charge in [0.25, 0.3) is 0 Å². The van der Waals surface area contributed by atoms with Crippen LogP contribution in [-0.2, 0) is 38.1 Å². The van der Waals surface area contributed by atoms with Crippen molar-refractivity contribution in [2.75, 3.05) is 28.4 Å². The maximum atomic E-state index is 12.7. The molecule has 10 heteroatoms. The average Bonchev–Trinajstić information content (AvgIpc) is 3.11. The summed E-state index contributed by atoms with van der Waals surface area (Å²) in [6.45, 7) is 1.51. The third-order valence-electron chi connectivity index (χ3n) is 3.98. The first-order chi connectivity index (χ1) is 12.3. The molecule has 2 rings (SSSR count). The van der Waals surface area contributed by atoms with Crippen molar-refractivity contribution in [3.8, 4) is 0 Å². The minimum atomic E-state index is -1.76. The van der Waals surface area contributed by atoms with Crippen LogP contribution in [0.3, 0.4) is 0 Å². The Balaban J connectivity index is 2.97. The fourth-order valence-corrected chi connectivity index (χ4v) is 4.04. The highest BCUT2D eigenvalue weighted by Crippen LogP contribution is 2.51. The molecular formula is C16H17NO8S. The van der Waals surface area contributed by atoms with Gasteiger partial charge in [0.05, 0.1) is 39.6 Å². The molecule has 0 aliphatic carbocycles. The van der Waals surface area contributed by atoms with Gasteiger partial charge in [-0.15, -0.1) is 0 Å². The van der Waals surface area contributed by atoms with E-state index in [2.05, 4.69) is 0 Å². The number of hydrogen-bond donors (Lipinski definition) is 0. The molecule has 1 unspecified atom stereocenters. The Morgan fingerprint density at radius 1 is 0.885 bits per heavy atom. The van der Waals surface area contributed by atoms with Gasteiger partial charge < -0.3 is 23.8 Å². The Morgan fingerprint density at radius 2 is 1.42 bits per heavy atom. The normalized spacial score (nSPS) is 21.3. The van der Waals surface area contributed by atoms with E-state index >= 15 is 0 Å². The predicted molar refractivity (Wildman–Crippen MR) is 89.1 cm³/mol. The molecule has 2 aliphatic rings. The van der Waals surface area contributed by atoms with Crippen LogP contribution in [0.1, 0.15) is 6.92 Å². The number of hydrogen-bond acceptors (Lipinski definition) is 10. The van der Waals surface area contributed by atoms with Gasteiger partial charge in [0.1, 0.15) is 5.57 Å². The van der Waals surface area contributed by atoms with Crippen LogP contribution in [0.15, 0.2) is 34.0 Å². The molecule has 0 N–H and O–H groups in total. The topological polar surface area (TPSA) is 108 Å². The average molecular weight is 383 g/mol. The molecule has 140 valence electrons. The zero-order valence-corrected chi connectivity index (χ0v) is 15.6. The number of carbonyl (C=O) groups is 4. The summed E-state index contributed by atoms with van der Waals surface area (Å²) in [5, 5.41) is 1.54. The highest BCUT2D eigenvalue weighted by Gasteiger charge is 2.60. The van der Waals surface area contributed by atoms with Crippen molar-refractivity contribution in [1.82, 2.24) is 4.90 Å². The molecule has 0 aromatic carbocycles. The number of nitrogens with zero attached hydrogens (tertiary/aromatic N) is 1. The molecule has 0 aromatic rings. The van der Waals surface area contributed by atoms with Crippen molar-refractivity contribution in [2.45, 2.75) is 11.8 Å². The smallest absolute Gasteiger partial charge is 0.348 e. The summed E-state index contributed by atoms with van der Waals surface area (Å²) in [6.07, 6.45) is 1.50. The van der Waals surface area contributed by atoms with Crippen molar-refractivity contribution in [3.63, 3.8) is 0 Å². The number of esters is 4. The predicted octanol–water partition coefficient (Wildman–Crippen LogP) is 0.479. The number of rotatable bonds is 4. The fraction of sp³-hybridized carbons (Fsp3) is 0.375. The fourth-order valence-electron chi connectivity index (χ4n) is 2.86. The van der Waals surface area contributed by atoms with Crippen LogP contribution in [0.5, 0.6) is 0 Å². The Bertz CT molecular complexity index is 781. The van der Waals surface area contributed by atoms with E-state index in [4.69, 9.17) is 18.9 Å². The first-order valence-corrected chi connectivity index (χ1v) is 8.12. The quantitative estimate of drug-likeness (QED) is 0.502. The van der Waals surface area contributed by atoms with Gasteiger partial charge in [-0.1, -0.05) is 11.8 Å². The molecule has 0 saturated heterocycles. The minimum Gasteiger partial charge on any atom is -0.466 e. The zero-order valence-electron chi connectivity index (χ0n) is 14.8. The van der Waals surface area contributed by atoms with Crippen LogP contribution in [0.4, 0.5) is 0 Å². The van der Waals surface area contributed by atoms with E-state index in [1.807, 2.05) is 0 Å². The van der Waals surface area contributed by atoms with E-state index in [0.29, 0.717) is 0 Å². The molecule has 0 amide bonds. The van der Waals surface area contributed by atoms with E-state index in [1.54, 1.807) is 5.41 Å². The molecular weight excluding hydrogens is 366 g/mol. The zero-order chi connectivity index (χ0) is 19.6. The molecule has 9 nitrogen and oxygen atoms in total. The van der Waals surface area contributed by atoms with Crippen molar-refractivity contribution in [1.29, 1.82) is 0 Å². The third-order valence-corrected chi connectivity index (χ3v) is 5.15. The van der Waals surface area contributed by atoms with Crippen LogP contribution >= 0.6 is 11.8 Å². The SMILES string of the molecule is COC(=O)C1=C(C)N2C=CSC2(C(=O)OC)C(C(=O)OC)=C1C(=O)OC. The standard InChI is InChI=1S/C16H17NO8S/c1-8-9(12(18)22-2)10(13(19)23-3)11(14(20)24-4)16(15(21)25-5)17(8)6-7-26-16/h6-7H,1-5H3. The molecule has 0 aromatic heterocycles. The summed E-state index contributed by atoms with van der Waals surface area (Å²) >= 11 is 0.933. The highest BCUT2D eigenvalue weighted by atomic mass is 32.2. The van der Waals surface area contributed by atoms with Crippen LogP contribution < -0.4 is 0 Å². The van der Waals surface area contributed by atoms with Gasteiger partial charge >= 0.3 is 23.9 Å². The van der Waals surface area contributed by atoms with Gasteiger partial charge in [-0.25, -0.2) is 19.2 Å². The molecule has 2 aliphatic heterocycles. The van der Waals surface area contributed by atoms with Crippen molar-refractivity contribution < 1.29 is 38.1 Å². The van der Waals surface area contributed by atoms with Gasteiger partial charge in [0, 0.05) is 11.9 Å². The Labute approximate surface area is 153 Å². The van der Waals surface area contributed by atoms with E-state index in [1.165, 1.54) is 18.0 Å². The summed E-state index contributed by atoms with van der Waals surface area (Å²) in [4.78, 5) is 49.7. The molecule has 0 saturated carbocycles. The van der Waals surface area contributed by atoms with E-state index in [-0.39, 0.29) is 16.8 Å². The molecule has 0 bridgehead atoms. The maximum Gasteiger partial charge on any atom is 0.348 e. The van der Waals surface area contributed by atoms with Crippen LogP contribution in [-0.4, -0.2) is 62.1 Å². The minimum absolute atomic E-state index is 0.202. The summed E-state index contributed by atoms with van der Waals surface area (Å²) in [7, 11) is 4.46. The first kappa shape index (κ1) is 19.6. The third kappa shape index (κ3) is 2.57. The highest BCUT2D eigenvalue weighted by molar-refractivity contribution is 8.04. The van der Waals surface area contributed by atoms with E-state index in [0.717, 1.165) is 40.2 Å². The van der Waals surface area contributed by atoms with Gasteiger partial charge in [-0.05, 0) is 12.3 Å². The first-order valence-electron chi connectivity index (χ1n) is 7.24. The van der Waals surface area contributed by atoms with Gasteiger partial charge in [0.2, 0.25) is 4.87 Å². The second-order valence-corrected chi connectivity index (χ2v) is 6.19. The van der Waals surface area contributed by atoms with Crippen molar-refractivity contribution in [2.24, 2.45) is 0 Å². The van der Waals surface area contributed by atoms with Gasteiger partial charge in [-0.2, -0.15) is 0 Å². The Morgan fingerprint density at radius 3 is 1.92 bits per heavy atom. The molecule has 1 atom stereocenters. The lowest BCUT2D eigenvalue weighted by molar-refractivity contribution is -0.150. The lowest BCUT2D eigenvalue weighted by Crippen LogP contribution is -2.54. The number of methoxy groups -OCH3 is 4. The summed E-state index contributed by atoms with van der Waals surface area (Å²) in [6, 6.07) is 0. The van der Waals surface area contributed by atoms with Crippen LogP contribution in [0.2, 0.25) is 0 Å². The summed E-state index contributed by atoms with van der Waals surface area (Å²) in [5.74, 6) is -3.66. The number of allylic oxidation sites excluding steroid dienone is 1. The second kappa shape index (κ2) is 7.24. The Kier molecular flexibility index (Phi) is 5.45. The molecule has 0 spiro atoms. The van der Waals surface area contributed by atoms with Crippen LogP contribution in [0, 0.1) is 0 Å². The lowest BCUT2D eigenvalue weighted by atomic mass is 9.87. The Hall–Kier alpha value is -2.75. The molecule has 0 radical (unpaired) electrons. The molecule has 0 fully saturated rings. The summed E-state index contributed by atoms with van der Waals surface area (Å²) < 4.78 is 19.2. The van der Waals surface area contributed by atoms with Gasteiger partial charge in [-0.3, -0.25) is 0 Å². The van der Waals surface area contributed by atoms with Crippen LogP contribution in [0.25, 0.3) is 0 Å². The maximum absolute atomic E-state index is 12.7. The second-order valence-electron chi connectivity index (χ2n) is 5.09. The molecule has 26 heavy (non-hydrogen) atoms. The molecule has 2 heterocycles. The summed E-state index contributed by atoms with van der Waals surface area (Å²) in [5.41, 5.74) is -0.760.